The number of hydrogen-bond donors (Lipinski definition) is 1. The molecular weight excluding hydrogens is 253 g/mol. The predicted octanol–water partition coefficient (Wildman–Crippen LogP) is 2.86. The van der Waals surface area contributed by atoms with Gasteiger partial charge in [0.25, 0.3) is 8.53 Å². The Balaban J connectivity index is 1.59. The molecule has 0 radical (unpaired) electrons. The van der Waals surface area contributed by atoms with Gasteiger partial charge in [0.15, 0.2) is 0 Å². The van der Waals surface area contributed by atoms with E-state index in [1.54, 1.807) is 0 Å². The molecule has 1 aromatic rings. The number of nitrogens with zero attached hydrogens (tertiary/aromatic N) is 1. The first-order chi connectivity index (χ1) is 8.34. The maximum atomic E-state index is 9.83. The lowest BCUT2D eigenvalue weighted by molar-refractivity contribution is 0.227. The SMILES string of the molecule is OP1OC(CSc2ccccc2)C2CCCN21. The predicted molar refractivity (Wildman–Crippen MR) is 70.9 cm³/mol. The van der Waals surface area contributed by atoms with E-state index in [-0.39, 0.29) is 6.10 Å². The van der Waals surface area contributed by atoms with E-state index in [1.165, 1.54) is 17.7 Å². The molecule has 0 aromatic heterocycles. The highest BCUT2D eigenvalue weighted by Gasteiger charge is 2.44. The fourth-order valence-electron chi connectivity index (χ4n) is 2.46. The number of rotatable bonds is 3. The van der Waals surface area contributed by atoms with Crippen molar-refractivity contribution in [3.05, 3.63) is 30.3 Å². The molecule has 2 saturated heterocycles. The Labute approximate surface area is 107 Å². The molecule has 0 aliphatic carbocycles. The normalized spacial score (nSPS) is 32.9. The van der Waals surface area contributed by atoms with E-state index in [9.17, 15) is 4.89 Å². The van der Waals surface area contributed by atoms with Crippen molar-refractivity contribution in [3.63, 3.8) is 0 Å². The Morgan fingerprint density at radius 1 is 1.41 bits per heavy atom. The van der Waals surface area contributed by atoms with Crippen molar-refractivity contribution in [2.45, 2.75) is 29.9 Å². The van der Waals surface area contributed by atoms with Crippen molar-refractivity contribution in [1.82, 2.24) is 4.67 Å². The first-order valence-electron chi connectivity index (χ1n) is 5.95. The molecule has 2 aliphatic heterocycles. The molecule has 3 atom stereocenters. The molecule has 1 aromatic carbocycles. The summed E-state index contributed by atoms with van der Waals surface area (Å²) in [4.78, 5) is 11.1. The van der Waals surface area contributed by atoms with E-state index in [4.69, 9.17) is 4.52 Å². The molecular formula is C12H16NO2PS. The quantitative estimate of drug-likeness (QED) is 0.675. The second-order valence-electron chi connectivity index (χ2n) is 4.39. The minimum atomic E-state index is -1.31. The van der Waals surface area contributed by atoms with Gasteiger partial charge in [0.05, 0.1) is 6.10 Å². The van der Waals surface area contributed by atoms with Crippen molar-refractivity contribution < 1.29 is 9.42 Å². The van der Waals surface area contributed by atoms with Gasteiger partial charge in [-0.15, -0.1) is 11.8 Å². The minimum Gasteiger partial charge on any atom is -0.338 e. The van der Waals surface area contributed by atoms with E-state index in [0.717, 1.165) is 12.3 Å². The third-order valence-electron chi connectivity index (χ3n) is 3.31. The molecule has 3 nitrogen and oxygen atoms in total. The van der Waals surface area contributed by atoms with Crippen molar-refractivity contribution in [1.29, 1.82) is 0 Å². The molecule has 0 amide bonds. The van der Waals surface area contributed by atoms with Crippen molar-refractivity contribution in [2.24, 2.45) is 0 Å². The van der Waals surface area contributed by atoms with Gasteiger partial charge in [0, 0.05) is 23.2 Å². The first-order valence-corrected chi connectivity index (χ1v) is 8.10. The Morgan fingerprint density at radius 3 is 3.06 bits per heavy atom. The number of thioether (sulfide) groups is 1. The van der Waals surface area contributed by atoms with Crippen LogP contribution in [0, 0.1) is 0 Å². The van der Waals surface area contributed by atoms with Crippen molar-refractivity contribution >= 4 is 20.3 Å². The van der Waals surface area contributed by atoms with Crippen LogP contribution in [-0.2, 0) is 4.52 Å². The summed E-state index contributed by atoms with van der Waals surface area (Å²) < 4.78 is 7.82. The van der Waals surface area contributed by atoms with Crippen molar-refractivity contribution in [2.75, 3.05) is 12.3 Å². The monoisotopic (exact) mass is 269 g/mol. The average molecular weight is 269 g/mol. The molecule has 92 valence electrons. The van der Waals surface area contributed by atoms with E-state index in [1.807, 2.05) is 17.8 Å². The van der Waals surface area contributed by atoms with Crippen LogP contribution < -0.4 is 0 Å². The van der Waals surface area contributed by atoms with Gasteiger partial charge in [-0.25, -0.2) is 4.67 Å². The zero-order valence-electron chi connectivity index (χ0n) is 9.53. The van der Waals surface area contributed by atoms with Crippen LogP contribution in [0.2, 0.25) is 0 Å². The van der Waals surface area contributed by atoms with Crippen LogP contribution in [0.3, 0.4) is 0 Å². The minimum absolute atomic E-state index is 0.193. The van der Waals surface area contributed by atoms with Crippen LogP contribution in [0.25, 0.3) is 0 Å². The molecule has 2 fully saturated rings. The maximum Gasteiger partial charge on any atom is 0.256 e. The van der Waals surface area contributed by atoms with Crippen LogP contribution in [-0.4, -0.2) is 34.0 Å². The topological polar surface area (TPSA) is 32.7 Å². The second-order valence-corrected chi connectivity index (χ2v) is 6.72. The second kappa shape index (κ2) is 5.25. The van der Waals surface area contributed by atoms with Gasteiger partial charge in [-0.3, -0.25) is 0 Å². The molecule has 3 rings (SSSR count). The van der Waals surface area contributed by atoms with E-state index < -0.39 is 8.53 Å². The highest BCUT2D eigenvalue weighted by Crippen LogP contribution is 2.52. The fraction of sp³-hybridized carbons (Fsp3) is 0.500. The van der Waals surface area contributed by atoms with Crippen molar-refractivity contribution in [3.8, 4) is 0 Å². The number of benzene rings is 1. The zero-order valence-corrected chi connectivity index (χ0v) is 11.2. The van der Waals surface area contributed by atoms with Gasteiger partial charge < -0.3 is 9.42 Å². The lowest BCUT2D eigenvalue weighted by Gasteiger charge is -2.16. The molecule has 0 saturated carbocycles. The van der Waals surface area contributed by atoms with Crippen LogP contribution in [0.5, 0.6) is 0 Å². The van der Waals surface area contributed by atoms with E-state index in [0.29, 0.717) is 6.04 Å². The molecule has 0 spiro atoms. The molecule has 3 unspecified atom stereocenters. The highest BCUT2D eigenvalue weighted by molar-refractivity contribution is 7.99. The Bertz CT molecular complexity index is 378. The van der Waals surface area contributed by atoms with Gasteiger partial charge in [0.1, 0.15) is 0 Å². The van der Waals surface area contributed by atoms with E-state index >= 15 is 0 Å². The van der Waals surface area contributed by atoms with Gasteiger partial charge in [0.2, 0.25) is 0 Å². The first kappa shape index (κ1) is 11.9. The lowest BCUT2D eigenvalue weighted by Crippen LogP contribution is -2.29. The van der Waals surface area contributed by atoms with Gasteiger partial charge >= 0.3 is 0 Å². The Kier molecular flexibility index (Phi) is 3.69. The molecule has 17 heavy (non-hydrogen) atoms. The van der Waals surface area contributed by atoms with Crippen LogP contribution in [0.1, 0.15) is 12.8 Å². The maximum absolute atomic E-state index is 9.83. The molecule has 2 aliphatic rings. The fourth-order valence-corrected chi connectivity index (χ4v) is 4.96. The average Bonchev–Trinajstić information content (AvgIpc) is 2.93. The molecule has 5 heteroatoms. The summed E-state index contributed by atoms with van der Waals surface area (Å²) in [5.74, 6) is 0.935. The Hall–Kier alpha value is -0.120. The standard InChI is InChI=1S/C12H16NO2PS/c14-16-13-8-4-7-11(13)12(15-16)9-17-10-5-2-1-3-6-10/h1-3,5-6,11-12,14H,4,7-9H2. The number of hydrogen-bond acceptors (Lipinski definition) is 4. The Morgan fingerprint density at radius 2 is 2.24 bits per heavy atom. The zero-order chi connectivity index (χ0) is 11.7. The van der Waals surface area contributed by atoms with Crippen LogP contribution in [0.15, 0.2) is 35.2 Å². The van der Waals surface area contributed by atoms with E-state index in [2.05, 4.69) is 28.9 Å². The largest absolute Gasteiger partial charge is 0.338 e. The molecule has 2 heterocycles. The highest BCUT2D eigenvalue weighted by atomic mass is 32.2. The van der Waals surface area contributed by atoms with Crippen LogP contribution in [0.4, 0.5) is 0 Å². The summed E-state index contributed by atoms with van der Waals surface area (Å²) in [6.45, 7) is 0.999. The van der Waals surface area contributed by atoms with Gasteiger partial charge in [-0.05, 0) is 25.0 Å². The summed E-state index contributed by atoms with van der Waals surface area (Å²) in [5, 5.41) is 0. The van der Waals surface area contributed by atoms with Gasteiger partial charge in [-0.2, -0.15) is 0 Å². The summed E-state index contributed by atoms with van der Waals surface area (Å²) in [6, 6.07) is 10.8. The third-order valence-corrected chi connectivity index (χ3v) is 5.80. The lowest BCUT2D eigenvalue weighted by atomic mass is 10.1. The molecule has 1 N–H and O–H groups in total. The van der Waals surface area contributed by atoms with Crippen LogP contribution >= 0.6 is 20.3 Å². The molecule has 0 bridgehead atoms. The summed E-state index contributed by atoms with van der Waals surface area (Å²) >= 11 is 1.82. The summed E-state index contributed by atoms with van der Waals surface area (Å²) in [5.41, 5.74) is 0. The van der Waals surface area contributed by atoms with Gasteiger partial charge in [-0.1, -0.05) is 18.2 Å². The third kappa shape index (κ3) is 2.51. The summed E-state index contributed by atoms with van der Waals surface area (Å²) in [7, 11) is -1.31. The summed E-state index contributed by atoms with van der Waals surface area (Å²) in [6.07, 6.45) is 2.55. The smallest absolute Gasteiger partial charge is 0.256 e. The number of fused-ring (bicyclic) bond motifs is 1.